The number of nitrogens with zero attached hydrogens (tertiary/aromatic N) is 6. The Balaban J connectivity index is 1.26. The van der Waals surface area contributed by atoms with Crippen molar-refractivity contribution in [3.63, 3.8) is 0 Å². The van der Waals surface area contributed by atoms with Crippen LogP contribution in [-0.4, -0.2) is 175 Å². The van der Waals surface area contributed by atoms with Crippen LogP contribution in [0.3, 0.4) is 0 Å². The fourth-order valence-corrected chi connectivity index (χ4v) is 5.53. The molecule has 0 aromatic heterocycles. The van der Waals surface area contributed by atoms with Crippen LogP contribution in [0.5, 0.6) is 0 Å². The monoisotopic (exact) mass is 482 g/mol. The summed E-state index contributed by atoms with van der Waals surface area (Å²) in [5.74, 6) is 0. The minimum Gasteiger partial charge on any atom is -0.380 e. The zero-order valence-corrected chi connectivity index (χ0v) is 22.8. The van der Waals surface area contributed by atoms with Gasteiger partial charge in [-0.2, -0.15) is 0 Å². The minimum absolute atomic E-state index is 0.291. The van der Waals surface area contributed by atoms with Crippen molar-refractivity contribution >= 4 is 0 Å². The molecule has 0 aliphatic carbocycles. The third-order valence-corrected chi connectivity index (χ3v) is 8.23. The molecule has 3 rings (SSSR count). The molecule has 0 N–H and O–H groups in total. The second-order valence-corrected chi connectivity index (χ2v) is 10.9. The van der Waals surface area contributed by atoms with Gasteiger partial charge in [0.1, 0.15) is 0 Å². The molecule has 2 atom stereocenters. The number of rotatable bonds is 14. The van der Waals surface area contributed by atoms with Crippen molar-refractivity contribution in [2.24, 2.45) is 0 Å². The van der Waals surface area contributed by atoms with Gasteiger partial charge in [-0.3, -0.25) is 9.80 Å². The lowest BCUT2D eigenvalue weighted by Crippen LogP contribution is -2.56. The summed E-state index contributed by atoms with van der Waals surface area (Å²) >= 11 is 0. The van der Waals surface area contributed by atoms with Crippen LogP contribution in [0, 0.1) is 0 Å². The van der Waals surface area contributed by atoms with E-state index in [4.69, 9.17) is 9.47 Å². The van der Waals surface area contributed by atoms with E-state index in [1.807, 2.05) is 7.11 Å². The lowest BCUT2D eigenvalue weighted by molar-refractivity contribution is -0.0252. The highest BCUT2D eigenvalue weighted by Gasteiger charge is 2.30. The van der Waals surface area contributed by atoms with E-state index in [9.17, 15) is 0 Å². The van der Waals surface area contributed by atoms with Gasteiger partial charge < -0.3 is 29.1 Å². The number of hydrogen-bond donors (Lipinski definition) is 0. The average Bonchev–Trinajstić information content (AvgIpc) is 2.85. The van der Waals surface area contributed by atoms with Gasteiger partial charge in [0.05, 0.1) is 12.7 Å². The molecule has 0 radical (unpaired) electrons. The van der Waals surface area contributed by atoms with E-state index >= 15 is 0 Å². The lowest BCUT2D eigenvalue weighted by Gasteiger charge is -2.43. The predicted octanol–water partition coefficient (Wildman–Crippen LogP) is 0.689. The number of hydrogen-bond acceptors (Lipinski definition) is 8. The topological polar surface area (TPSA) is 37.9 Å². The largest absolute Gasteiger partial charge is 0.380 e. The Morgan fingerprint density at radius 3 is 1.82 bits per heavy atom. The van der Waals surface area contributed by atoms with E-state index in [0.717, 1.165) is 45.7 Å². The molecular formula is C26H54N6O2. The molecule has 0 aromatic carbocycles. The number of ether oxygens (including phenoxy) is 2. The molecule has 3 aliphatic heterocycles. The second-order valence-electron chi connectivity index (χ2n) is 10.9. The van der Waals surface area contributed by atoms with Crippen molar-refractivity contribution in [3.8, 4) is 0 Å². The molecular weight excluding hydrogens is 428 g/mol. The molecule has 0 amide bonds. The number of methoxy groups -OCH3 is 1. The molecule has 2 unspecified atom stereocenters. The highest BCUT2D eigenvalue weighted by atomic mass is 16.5. The van der Waals surface area contributed by atoms with E-state index in [0.29, 0.717) is 12.1 Å². The second kappa shape index (κ2) is 15.7. The first kappa shape index (κ1) is 28.3. The lowest BCUT2D eigenvalue weighted by atomic mass is 10.0. The van der Waals surface area contributed by atoms with Gasteiger partial charge in [0.2, 0.25) is 0 Å². The van der Waals surface area contributed by atoms with Crippen molar-refractivity contribution in [3.05, 3.63) is 0 Å². The van der Waals surface area contributed by atoms with Gasteiger partial charge in [-0.15, -0.1) is 0 Å². The van der Waals surface area contributed by atoms with Gasteiger partial charge in [0.25, 0.3) is 0 Å². The van der Waals surface area contributed by atoms with Crippen LogP contribution in [0.25, 0.3) is 0 Å². The number of likely N-dealkylation sites (N-methyl/N-ethyl adjacent to an activating group) is 3. The minimum atomic E-state index is 0.291. The molecule has 0 aromatic rings. The first-order chi connectivity index (χ1) is 16.5. The zero-order valence-electron chi connectivity index (χ0n) is 22.8. The van der Waals surface area contributed by atoms with E-state index in [1.165, 1.54) is 84.8 Å². The first-order valence-electron chi connectivity index (χ1n) is 13.9. The van der Waals surface area contributed by atoms with Crippen LogP contribution in [0.4, 0.5) is 0 Å². The van der Waals surface area contributed by atoms with E-state index in [1.54, 1.807) is 0 Å². The first-order valence-corrected chi connectivity index (χ1v) is 13.9. The molecule has 200 valence electrons. The summed E-state index contributed by atoms with van der Waals surface area (Å²) in [5.41, 5.74) is 0. The van der Waals surface area contributed by atoms with E-state index < -0.39 is 0 Å². The quantitative estimate of drug-likeness (QED) is 0.335. The Kier molecular flexibility index (Phi) is 13.1. The van der Waals surface area contributed by atoms with Gasteiger partial charge in [-0.1, -0.05) is 0 Å². The van der Waals surface area contributed by atoms with Crippen molar-refractivity contribution in [2.75, 3.05) is 133 Å². The maximum absolute atomic E-state index is 5.99. The summed E-state index contributed by atoms with van der Waals surface area (Å²) in [5, 5.41) is 0. The molecule has 8 heteroatoms. The highest BCUT2D eigenvalue weighted by Crippen LogP contribution is 2.18. The van der Waals surface area contributed by atoms with Gasteiger partial charge in [0.15, 0.2) is 0 Å². The highest BCUT2D eigenvalue weighted by molar-refractivity contribution is 4.86. The van der Waals surface area contributed by atoms with Crippen molar-refractivity contribution in [2.45, 2.75) is 37.8 Å². The molecule has 0 spiro atoms. The number of piperazine rings is 3. The standard InChI is InChI=1S/C26H54N6O2/c1-27-11-16-30(17-12-27)9-5-6-10-32-20-15-29(3)25(24-32)26(33-4)8-7-22-34-23-21-31-18-13-28(2)14-19-31/h25-26H,5-24H2,1-4H3. The maximum Gasteiger partial charge on any atom is 0.0739 e. The van der Waals surface area contributed by atoms with E-state index in [-0.39, 0.29) is 0 Å². The molecule has 3 saturated heterocycles. The Hall–Kier alpha value is -0.320. The van der Waals surface area contributed by atoms with Gasteiger partial charge in [-0.25, -0.2) is 0 Å². The van der Waals surface area contributed by atoms with Crippen LogP contribution < -0.4 is 0 Å². The molecule has 8 nitrogen and oxygen atoms in total. The summed E-state index contributed by atoms with van der Waals surface area (Å²) in [6, 6.07) is 0.488. The third kappa shape index (κ3) is 9.97. The predicted molar refractivity (Wildman–Crippen MR) is 141 cm³/mol. The van der Waals surface area contributed by atoms with Crippen molar-refractivity contribution < 1.29 is 9.47 Å². The molecule has 3 heterocycles. The zero-order chi connectivity index (χ0) is 24.2. The fourth-order valence-electron chi connectivity index (χ4n) is 5.53. The Morgan fingerprint density at radius 1 is 0.647 bits per heavy atom. The summed E-state index contributed by atoms with van der Waals surface area (Å²) in [7, 11) is 8.60. The van der Waals surface area contributed by atoms with Gasteiger partial charge >= 0.3 is 0 Å². The third-order valence-electron chi connectivity index (χ3n) is 8.23. The SMILES string of the molecule is COC(CCCOCCN1CCN(C)CC1)C1CN(CCCCN2CCN(C)CC2)CCN1C. The Labute approximate surface area is 210 Å². The average molecular weight is 483 g/mol. The van der Waals surface area contributed by atoms with Crippen LogP contribution in [-0.2, 0) is 9.47 Å². The smallest absolute Gasteiger partial charge is 0.0739 e. The van der Waals surface area contributed by atoms with E-state index in [2.05, 4.69) is 50.5 Å². The summed E-state index contributed by atoms with van der Waals surface area (Å²) in [6.45, 7) is 18.3. The maximum atomic E-state index is 5.99. The molecule has 3 aliphatic rings. The van der Waals surface area contributed by atoms with Gasteiger partial charge in [0, 0.05) is 98.3 Å². The summed E-state index contributed by atoms with van der Waals surface area (Å²) < 4.78 is 12.0. The van der Waals surface area contributed by atoms with Crippen LogP contribution in [0.2, 0.25) is 0 Å². The summed E-state index contributed by atoms with van der Waals surface area (Å²) in [4.78, 5) is 15.2. The van der Waals surface area contributed by atoms with Gasteiger partial charge in [-0.05, 0) is 59.9 Å². The number of unbranched alkanes of at least 4 members (excludes halogenated alkanes) is 1. The Bertz CT molecular complexity index is 525. The molecule has 0 bridgehead atoms. The summed E-state index contributed by atoms with van der Waals surface area (Å²) in [6.07, 6.45) is 5.08. The van der Waals surface area contributed by atoms with Crippen LogP contribution in [0.15, 0.2) is 0 Å². The fraction of sp³-hybridized carbons (Fsp3) is 1.00. The normalized spacial score (nSPS) is 26.3. The van der Waals surface area contributed by atoms with Crippen molar-refractivity contribution in [1.29, 1.82) is 0 Å². The van der Waals surface area contributed by atoms with Crippen LogP contribution in [0.1, 0.15) is 25.7 Å². The molecule has 34 heavy (non-hydrogen) atoms. The van der Waals surface area contributed by atoms with Crippen LogP contribution >= 0.6 is 0 Å². The molecule has 0 saturated carbocycles. The van der Waals surface area contributed by atoms with Crippen molar-refractivity contribution in [1.82, 2.24) is 29.4 Å². The Morgan fingerprint density at radius 2 is 1.21 bits per heavy atom. The molecule has 3 fully saturated rings.